The van der Waals surface area contributed by atoms with Crippen molar-refractivity contribution in [2.45, 2.75) is 0 Å². The zero-order valence-electron chi connectivity index (χ0n) is 13.4. The summed E-state index contributed by atoms with van der Waals surface area (Å²) < 4.78 is 18.5. The SMILES string of the molecule is NC=O.O=[N+]([O-])c1ccc(-c2ccc(F)cc2)nc1Oc1ccccc1. The molecule has 0 aliphatic carbocycles. The average Bonchev–Trinajstić information content (AvgIpc) is 2.63. The van der Waals surface area contributed by atoms with Crippen LogP contribution in [0.15, 0.2) is 66.7 Å². The fourth-order valence-electron chi connectivity index (χ4n) is 2.03. The van der Waals surface area contributed by atoms with Crippen LogP contribution in [0.5, 0.6) is 11.6 Å². The number of hydrogen-bond donors (Lipinski definition) is 1. The first-order valence-electron chi connectivity index (χ1n) is 7.34. The standard InChI is InChI=1S/C17H11FN2O3.CH3NO/c18-13-8-6-12(7-9-13)15-10-11-16(20(21)22)17(19-15)23-14-4-2-1-3-5-14;2-1-3/h1-11H;1H,(H2,2,3). The van der Waals surface area contributed by atoms with Crippen molar-refractivity contribution in [3.05, 3.63) is 82.7 Å². The van der Waals surface area contributed by atoms with Crippen molar-refractivity contribution < 1.29 is 18.8 Å². The van der Waals surface area contributed by atoms with E-state index in [1.165, 1.54) is 24.3 Å². The molecule has 0 saturated carbocycles. The molecule has 0 bridgehead atoms. The monoisotopic (exact) mass is 355 g/mol. The summed E-state index contributed by atoms with van der Waals surface area (Å²) >= 11 is 0. The van der Waals surface area contributed by atoms with Gasteiger partial charge in [0.15, 0.2) is 0 Å². The Morgan fingerprint density at radius 1 is 1.04 bits per heavy atom. The summed E-state index contributed by atoms with van der Waals surface area (Å²) in [5, 5.41) is 11.1. The first kappa shape index (κ1) is 18.5. The first-order chi connectivity index (χ1) is 12.5. The van der Waals surface area contributed by atoms with Crippen molar-refractivity contribution in [3.63, 3.8) is 0 Å². The van der Waals surface area contributed by atoms with Gasteiger partial charge in [-0.15, -0.1) is 0 Å². The number of aromatic nitrogens is 1. The second-order valence-electron chi connectivity index (χ2n) is 4.84. The molecular weight excluding hydrogens is 341 g/mol. The number of halogens is 1. The van der Waals surface area contributed by atoms with Crippen LogP contribution in [-0.2, 0) is 4.79 Å². The lowest BCUT2D eigenvalue weighted by atomic mass is 10.1. The maximum absolute atomic E-state index is 13.0. The topological polar surface area (TPSA) is 108 Å². The van der Waals surface area contributed by atoms with E-state index in [0.29, 0.717) is 17.0 Å². The van der Waals surface area contributed by atoms with Gasteiger partial charge in [0.1, 0.15) is 11.6 Å². The molecule has 1 amide bonds. The molecule has 0 aliphatic heterocycles. The number of carbonyl (C=O) groups excluding carboxylic acids is 1. The van der Waals surface area contributed by atoms with Crippen LogP contribution in [0, 0.1) is 15.9 Å². The van der Waals surface area contributed by atoms with Crippen LogP contribution in [0.4, 0.5) is 10.1 Å². The van der Waals surface area contributed by atoms with E-state index in [-0.39, 0.29) is 23.8 Å². The number of primary amides is 1. The van der Waals surface area contributed by atoms with Crippen LogP contribution < -0.4 is 10.5 Å². The third-order valence-corrected chi connectivity index (χ3v) is 3.13. The summed E-state index contributed by atoms with van der Waals surface area (Å²) in [6, 6.07) is 17.2. The Bertz CT molecular complexity index is 887. The molecule has 1 heterocycles. The molecule has 0 atom stereocenters. The number of benzene rings is 2. The van der Waals surface area contributed by atoms with Crippen LogP contribution >= 0.6 is 0 Å². The normalized spacial score (nSPS) is 9.58. The quantitative estimate of drug-likeness (QED) is 0.436. The Morgan fingerprint density at radius 2 is 1.65 bits per heavy atom. The number of amides is 1. The van der Waals surface area contributed by atoms with Gasteiger partial charge >= 0.3 is 5.69 Å². The Hall–Kier alpha value is -3.81. The van der Waals surface area contributed by atoms with Crippen molar-refractivity contribution in [2.24, 2.45) is 5.73 Å². The summed E-state index contributed by atoms with van der Waals surface area (Å²) in [5.74, 6) is -0.0289. The largest absolute Gasteiger partial charge is 0.434 e. The van der Waals surface area contributed by atoms with E-state index >= 15 is 0 Å². The van der Waals surface area contributed by atoms with Crippen molar-refractivity contribution >= 4 is 12.1 Å². The number of nitro groups is 1. The van der Waals surface area contributed by atoms with E-state index in [1.807, 2.05) is 6.07 Å². The lowest BCUT2D eigenvalue weighted by Gasteiger charge is -2.07. The maximum Gasteiger partial charge on any atom is 0.331 e. The van der Waals surface area contributed by atoms with Crippen molar-refractivity contribution in [2.75, 3.05) is 0 Å². The van der Waals surface area contributed by atoms with E-state index in [2.05, 4.69) is 10.7 Å². The van der Waals surface area contributed by atoms with Crippen LogP contribution in [-0.4, -0.2) is 16.3 Å². The minimum absolute atomic E-state index is 0.108. The highest BCUT2D eigenvalue weighted by atomic mass is 19.1. The molecule has 0 fully saturated rings. The summed E-state index contributed by atoms with van der Waals surface area (Å²) in [4.78, 5) is 23.4. The van der Waals surface area contributed by atoms with Gasteiger partial charge in [-0.2, -0.15) is 0 Å². The number of hydrogen-bond acceptors (Lipinski definition) is 5. The van der Waals surface area contributed by atoms with Crippen molar-refractivity contribution in [3.8, 4) is 22.9 Å². The number of carbonyl (C=O) groups is 1. The lowest BCUT2D eigenvalue weighted by Crippen LogP contribution is -1.97. The molecule has 0 saturated heterocycles. The molecule has 2 N–H and O–H groups in total. The number of pyridine rings is 1. The third-order valence-electron chi connectivity index (χ3n) is 3.13. The summed E-state index contributed by atoms with van der Waals surface area (Å²) in [6.07, 6.45) is 0.250. The highest BCUT2D eigenvalue weighted by molar-refractivity contribution is 5.62. The summed E-state index contributed by atoms with van der Waals surface area (Å²) in [7, 11) is 0. The molecule has 0 spiro atoms. The molecule has 0 aliphatic rings. The van der Waals surface area contributed by atoms with Gasteiger partial charge in [-0.25, -0.2) is 9.37 Å². The number of ether oxygens (including phenoxy) is 1. The molecule has 26 heavy (non-hydrogen) atoms. The molecule has 3 aromatic rings. The predicted octanol–water partition coefficient (Wildman–Crippen LogP) is 3.69. The van der Waals surface area contributed by atoms with Crippen molar-refractivity contribution in [1.82, 2.24) is 4.98 Å². The molecule has 8 heteroatoms. The highest BCUT2D eigenvalue weighted by Gasteiger charge is 2.19. The first-order valence-corrected chi connectivity index (χ1v) is 7.34. The van der Waals surface area contributed by atoms with E-state index in [1.54, 1.807) is 36.4 Å². The number of nitrogens with two attached hydrogens (primary N) is 1. The van der Waals surface area contributed by atoms with Crippen LogP contribution in [0.25, 0.3) is 11.3 Å². The minimum atomic E-state index is -0.556. The predicted molar refractivity (Wildman–Crippen MR) is 93.1 cm³/mol. The summed E-state index contributed by atoms with van der Waals surface area (Å²) in [6.45, 7) is 0. The van der Waals surface area contributed by atoms with Gasteiger partial charge in [0.25, 0.3) is 5.88 Å². The number of nitrogens with zero attached hydrogens (tertiary/aromatic N) is 2. The number of para-hydroxylation sites is 1. The maximum atomic E-state index is 13.0. The Morgan fingerprint density at radius 3 is 2.23 bits per heavy atom. The van der Waals surface area contributed by atoms with Crippen LogP contribution in [0.2, 0.25) is 0 Å². The molecular formula is C18H14FN3O4. The molecule has 7 nitrogen and oxygen atoms in total. The second-order valence-corrected chi connectivity index (χ2v) is 4.84. The van der Waals surface area contributed by atoms with Gasteiger partial charge in [-0.1, -0.05) is 18.2 Å². The van der Waals surface area contributed by atoms with Gasteiger partial charge in [-0.3, -0.25) is 14.9 Å². The second kappa shape index (κ2) is 8.88. The number of rotatable bonds is 4. The fraction of sp³-hybridized carbons (Fsp3) is 0. The molecule has 0 unspecified atom stereocenters. The Labute approximate surface area is 148 Å². The van der Waals surface area contributed by atoms with Gasteiger partial charge in [0.2, 0.25) is 6.41 Å². The van der Waals surface area contributed by atoms with Crippen LogP contribution in [0.1, 0.15) is 0 Å². The Balaban J connectivity index is 0.000000758. The van der Waals surface area contributed by atoms with Gasteiger partial charge in [-0.05, 0) is 42.5 Å². The van der Waals surface area contributed by atoms with Crippen LogP contribution in [0.3, 0.4) is 0 Å². The highest BCUT2D eigenvalue weighted by Crippen LogP contribution is 2.32. The van der Waals surface area contributed by atoms with Gasteiger partial charge in [0, 0.05) is 11.6 Å². The molecule has 132 valence electrons. The van der Waals surface area contributed by atoms with E-state index < -0.39 is 4.92 Å². The molecule has 0 radical (unpaired) electrons. The van der Waals surface area contributed by atoms with E-state index in [9.17, 15) is 14.5 Å². The van der Waals surface area contributed by atoms with Crippen molar-refractivity contribution in [1.29, 1.82) is 0 Å². The lowest BCUT2D eigenvalue weighted by molar-refractivity contribution is -0.386. The average molecular weight is 355 g/mol. The fourth-order valence-corrected chi connectivity index (χ4v) is 2.03. The van der Waals surface area contributed by atoms with Gasteiger partial charge in [0.05, 0.1) is 10.6 Å². The zero-order valence-corrected chi connectivity index (χ0v) is 13.4. The smallest absolute Gasteiger partial charge is 0.331 e. The summed E-state index contributed by atoms with van der Waals surface area (Å²) in [5.41, 5.74) is 5.03. The Kier molecular flexibility index (Phi) is 6.33. The molecule has 1 aromatic heterocycles. The molecule has 2 aromatic carbocycles. The minimum Gasteiger partial charge on any atom is -0.434 e. The van der Waals surface area contributed by atoms with E-state index in [0.717, 1.165) is 0 Å². The van der Waals surface area contributed by atoms with Gasteiger partial charge < -0.3 is 10.5 Å². The zero-order chi connectivity index (χ0) is 18.9. The van der Waals surface area contributed by atoms with E-state index in [4.69, 9.17) is 9.53 Å². The third kappa shape index (κ3) is 4.84. The molecule has 3 rings (SSSR count).